The monoisotopic (exact) mass is 348 g/mol. The average Bonchev–Trinajstić information content (AvgIpc) is 2.55. The molecule has 0 amide bonds. The van der Waals surface area contributed by atoms with E-state index in [4.69, 9.17) is 4.74 Å². The van der Waals surface area contributed by atoms with E-state index in [1.54, 1.807) is 18.6 Å². The van der Waals surface area contributed by atoms with Gasteiger partial charge in [-0.15, -0.1) is 0 Å². The summed E-state index contributed by atoms with van der Waals surface area (Å²) in [6.07, 6.45) is 7.51. The zero-order chi connectivity index (χ0) is 14.5. The SMILES string of the molecule is Brc1cnc(N2CCC(COc3ccccn3)CC2)nc1. The van der Waals surface area contributed by atoms with Crippen molar-refractivity contribution in [2.45, 2.75) is 12.8 Å². The fourth-order valence-electron chi connectivity index (χ4n) is 2.40. The number of ether oxygens (including phenoxy) is 1. The second-order valence-electron chi connectivity index (χ2n) is 5.11. The van der Waals surface area contributed by atoms with Crippen molar-refractivity contribution in [3.05, 3.63) is 41.3 Å². The summed E-state index contributed by atoms with van der Waals surface area (Å²) < 4.78 is 6.64. The Hall–Kier alpha value is -1.69. The minimum atomic E-state index is 0.568. The van der Waals surface area contributed by atoms with Crippen LogP contribution in [0.15, 0.2) is 41.3 Å². The van der Waals surface area contributed by atoms with E-state index in [2.05, 4.69) is 35.8 Å². The van der Waals surface area contributed by atoms with Gasteiger partial charge in [0, 0.05) is 37.7 Å². The third-order valence-corrected chi connectivity index (χ3v) is 4.02. The van der Waals surface area contributed by atoms with E-state index < -0.39 is 0 Å². The summed E-state index contributed by atoms with van der Waals surface area (Å²) in [7, 11) is 0. The molecule has 110 valence electrons. The van der Waals surface area contributed by atoms with Gasteiger partial charge in [0.1, 0.15) is 0 Å². The Labute approximate surface area is 132 Å². The van der Waals surface area contributed by atoms with Gasteiger partial charge in [0.05, 0.1) is 11.1 Å². The molecule has 1 saturated heterocycles. The maximum absolute atomic E-state index is 5.74. The molecule has 3 heterocycles. The van der Waals surface area contributed by atoms with Crippen LogP contribution in [0.4, 0.5) is 5.95 Å². The zero-order valence-electron chi connectivity index (χ0n) is 11.7. The number of piperidine rings is 1. The van der Waals surface area contributed by atoms with Crippen molar-refractivity contribution in [3.8, 4) is 5.88 Å². The first-order chi connectivity index (χ1) is 10.3. The molecule has 0 aromatic carbocycles. The molecule has 0 radical (unpaired) electrons. The average molecular weight is 349 g/mol. The summed E-state index contributed by atoms with van der Waals surface area (Å²) >= 11 is 3.36. The molecular weight excluding hydrogens is 332 g/mol. The van der Waals surface area contributed by atoms with E-state index in [1.807, 2.05) is 18.2 Å². The Balaban J connectivity index is 1.48. The van der Waals surface area contributed by atoms with Crippen LogP contribution in [0.2, 0.25) is 0 Å². The maximum atomic E-state index is 5.74. The Kier molecular flexibility index (Phi) is 4.65. The standard InChI is InChI=1S/C15H17BrN4O/c16-13-9-18-15(19-10-13)20-7-4-12(5-8-20)11-21-14-3-1-2-6-17-14/h1-3,6,9-10,12H,4-5,7-8,11H2. The van der Waals surface area contributed by atoms with Gasteiger partial charge in [-0.25, -0.2) is 15.0 Å². The lowest BCUT2D eigenvalue weighted by Gasteiger charge is -2.31. The number of anilines is 1. The van der Waals surface area contributed by atoms with E-state index in [9.17, 15) is 0 Å². The van der Waals surface area contributed by atoms with Crippen molar-refractivity contribution in [1.82, 2.24) is 15.0 Å². The number of nitrogens with zero attached hydrogens (tertiary/aromatic N) is 4. The van der Waals surface area contributed by atoms with E-state index in [1.165, 1.54) is 0 Å². The van der Waals surface area contributed by atoms with Gasteiger partial charge >= 0.3 is 0 Å². The summed E-state index contributed by atoms with van der Waals surface area (Å²) in [5, 5.41) is 0. The number of pyridine rings is 1. The highest BCUT2D eigenvalue weighted by Gasteiger charge is 2.21. The Morgan fingerprint density at radius 2 is 1.90 bits per heavy atom. The van der Waals surface area contributed by atoms with Gasteiger partial charge in [0.15, 0.2) is 0 Å². The van der Waals surface area contributed by atoms with E-state index in [-0.39, 0.29) is 0 Å². The molecule has 0 atom stereocenters. The summed E-state index contributed by atoms with van der Waals surface area (Å²) in [6.45, 7) is 2.67. The fourth-order valence-corrected chi connectivity index (χ4v) is 2.61. The number of rotatable bonds is 4. The van der Waals surface area contributed by atoms with Gasteiger partial charge in [0.25, 0.3) is 0 Å². The fraction of sp³-hybridized carbons (Fsp3) is 0.400. The molecule has 1 aliphatic heterocycles. The van der Waals surface area contributed by atoms with Crippen LogP contribution in [0.5, 0.6) is 5.88 Å². The molecule has 3 rings (SSSR count). The minimum Gasteiger partial charge on any atom is -0.477 e. The molecule has 21 heavy (non-hydrogen) atoms. The van der Waals surface area contributed by atoms with Crippen LogP contribution < -0.4 is 9.64 Å². The van der Waals surface area contributed by atoms with Crippen LogP contribution in [-0.2, 0) is 0 Å². The Morgan fingerprint density at radius 1 is 1.14 bits per heavy atom. The molecule has 5 nitrogen and oxygen atoms in total. The number of hydrogen-bond acceptors (Lipinski definition) is 5. The van der Waals surface area contributed by atoms with Gasteiger partial charge in [-0.1, -0.05) is 6.07 Å². The van der Waals surface area contributed by atoms with Gasteiger partial charge in [0.2, 0.25) is 11.8 Å². The van der Waals surface area contributed by atoms with Crippen LogP contribution in [0.3, 0.4) is 0 Å². The first kappa shape index (κ1) is 14.3. The van der Waals surface area contributed by atoms with Crippen LogP contribution in [0, 0.1) is 5.92 Å². The highest BCUT2D eigenvalue weighted by atomic mass is 79.9. The lowest BCUT2D eigenvalue weighted by molar-refractivity contribution is 0.215. The molecule has 0 N–H and O–H groups in total. The Bertz CT molecular complexity index is 556. The van der Waals surface area contributed by atoms with E-state index in [0.717, 1.165) is 43.0 Å². The molecular formula is C15H17BrN4O. The van der Waals surface area contributed by atoms with E-state index >= 15 is 0 Å². The molecule has 2 aromatic heterocycles. The van der Waals surface area contributed by atoms with Crippen molar-refractivity contribution < 1.29 is 4.74 Å². The first-order valence-corrected chi connectivity index (χ1v) is 7.87. The summed E-state index contributed by atoms with van der Waals surface area (Å²) in [4.78, 5) is 15.1. The molecule has 2 aromatic rings. The van der Waals surface area contributed by atoms with Crippen molar-refractivity contribution in [2.24, 2.45) is 5.92 Å². The second kappa shape index (κ2) is 6.85. The van der Waals surface area contributed by atoms with Gasteiger partial charge in [-0.3, -0.25) is 0 Å². The maximum Gasteiger partial charge on any atom is 0.225 e. The summed E-state index contributed by atoms with van der Waals surface area (Å²) in [6, 6.07) is 5.73. The molecule has 0 spiro atoms. The smallest absolute Gasteiger partial charge is 0.225 e. The molecule has 0 unspecified atom stereocenters. The first-order valence-electron chi connectivity index (χ1n) is 7.07. The molecule has 6 heteroatoms. The van der Waals surface area contributed by atoms with Gasteiger partial charge in [-0.2, -0.15) is 0 Å². The number of aromatic nitrogens is 3. The minimum absolute atomic E-state index is 0.568. The lowest BCUT2D eigenvalue weighted by atomic mass is 9.98. The van der Waals surface area contributed by atoms with Gasteiger partial charge in [-0.05, 0) is 40.8 Å². The van der Waals surface area contributed by atoms with Crippen LogP contribution in [-0.4, -0.2) is 34.6 Å². The third-order valence-electron chi connectivity index (χ3n) is 3.61. The molecule has 0 bridgehead atoms. The van der Waals surface area contributed by atoms with Crippen LogP contribution >= 0.6 is 15.9 Å². The van der Waals surface area contributed by atoms with Crippen molar-refractivity contribution in [2.75, 3.05) is 24.6 Å². The molecule has 1 aliphatic rings. The van der Waals surface area contributed by atoms with E-state index in [0.29, 0.717) is 11.8 Å². The lowest BCUT2D eigenvalue weighted by Crippen LogP contribution is -2.36. The van der Waals surface area contributed by atoms with Crippen LogP contribution in [0.1, 0.15) is 12.8 Å². The number of hydrogen-bond donors (Lipinski definition) is 0. The van der Waals surface area contributed by atoms with Crippen LogP contribution in [0.25, 0.3) is 0 Å². The predicted molar refractivity (Wildman–Crippen MR) is 84.4 cm³/mol. The molecule has 0 aliphatic carbocycles. The van der Waals surface area contributed by atoms with Crippen molar-refractivity contribution in [1.29, 1.82) is 0 Å². The quantitative estimate of drug-likeness (QED) is 0.850. The van der Waals surface area contributed by atoms with Crippen molar-refractivity contribution in [3.63, 3.8) is 0 Å². The topological polar surface area (TPSA) is 51.1 Å². The highest BCUT2D eigenvalue weighted by Crippen LogP contribution is 2.21. The highest BCUT2D eigenvalue weighted by molar-refractivity contribution is 9.10. The zero-order valence-corrected chi connectivity index (χ0v) is 13.2. The third kappa shape index (κ3) is 3.91. The second-order valence-corrected chi connectivity index (χ2v) is 6.03. The Morgan fingerprint density at radius 3 is 2.57 bits per heavy atom. The van der Waals surface area contributed by atoms with Gasteiger partial charge < -0.3 is 9.64 Å². The molecule has 1 fully saturated rings. The summed E-state index contributed by atoms with van der Waals surface area (Å²) in [5.74, 6) is 2.08. The predicted octanol–water partition coefficient (Wildman–Crippen LogP) is 2.93. The largest absolute Gasteiger partial charge is 0.477 e. The molecule has 0 saturated carbocycles. The van der Waals surface area contributed by atoms with Crippen molar-refractivity contribution >= 4 is 21.9 Å². The number of halogens is 1. The summed E-state index contributed by atoms with van der Waals surface area (Å²) in [5.41, 5.74) is 0. The normalized spacial score (nSPS) is 16.0.